The Bertz CT molecular complexity index is 465. The Labute approximate surface area is 131 Å². The van der Waals surface area contributed by atoms with Crippen molar-refractivity contribution >= 4 is 23.4 Å². The lowest BCUT2D eigenvalue weighted by molar-refractivity contribution is -0.118. The number of nitrogens with one attached hydrogen (secondary N) is 2. The van der Waals surface area contributed by atoms with Crippen LogP contribution in [0.15, 0.2) is 29.2 Å². The number of amides is 1. The van der Waals surface area contributed by atoms with Crippen molar-refractivity contribution in [2.24, 2.45) is 0 Å². The SMILES string of the molecule is CNCC1CCCCN1CC(=O)Nc1ccccc1SC. The Hall–Kier alpha value is -1.04. The fraction of sp³-hybridized carbons (Fsp3) is 0.562. The van der Waals surface area contributed by atoms with E-state index in [0.29, 0.717) is 12.6 Å². The molecule has 2 rings (SSSR count). The molecule has 1 heterocycles. The molecule has 4 nitrogen and oxygen atoms in total. The van der Waals surface area contributed by atoms with Crippen molar-refractivity contribution in [2.75, 3.05) is 38.3 Å². The summed E-state index contributed by atoms with van der Waals surface area (Å²) >= 11 is 1.65. The zero-order valence-corrected chi connectivity index (χ0v) is 13.7. The van der Waals surface area contributed by atoms with Gasteiger partial charge in [0.2, 0.25) is 5.91 Å². The van der Waals surface area contributed by atoms with Crippen molar-refractivity contribution in [1.29, 1.82) is 0 Å². The summed E-state index contributed by atoms with van der Waals surface area (Å²) in [5.41, 5.74) is 0.914. The van der Waals surface area contributed by atoms with Crippen LogP contribution in [0.4, 0.5) is 5.69 Å². The standard InChI is InChI=1S/C16H25N3OS/c1-17-11-13-7-5-6-10-19(13)12-16(20)18-14-8-3-4-9-15(14)21-2/h3-4,8-9,13,17H,5-7,10-12H2,1-2H3,(H,18,20). The van der Waals surface area contributed by atoms with E-state index in [-0.39, 0.29) is 5.91 Å². The molecule has 21 heavy (non-hydrogen) atoms. The highest BCUT2D eigenvalue weighted by Crippen LogP contribution is 2.24. The van der Waals surface area contributed by atoms with Gasteiger partial charge in [-0.05, 0) is 44.8 Å². The first-order chi connectivity index (χ1) is 10.2. The highest BCUT2D eigenvalue weighted by molar-refractivity contribution is 7.98. The molecule has 0 aliphatic carbocycles. The minimum Gasteiger partial charge on any atom is -0.324 e. The van der Waals surface area contributed by atoms with Gasteiger partial charge in [-0.2, -0.15) is 0 Å². The van der Waals surface area contributed by atoms with Crippen LogP contribution in [0.5, 0.6) is 0 Å². The third kappa shape index (κ3) is 4.73. The molecule has 1 aromatic rings. The first-order valence-corrected chi connectivity index (χ1v) is 8.78. The van der Waals surface area contributed by atoms with Crippen LogP contribution >= 0.6 is 11.8 Å². The fourth-order valence-electron chi connectivity index (χ4n) is 2.86. The Morgan fingerprint density at radius 3 is 2.95 bits per heavy atom. The number of para-hydroxylation sites is 1. The summed E-state index contributed by atoms with van der Waals surface area (Å²) < 4.78 is 0. The van der Waals surface area contributed by atoms with Gasteiger partial charge in [0.25, 0.3) is 0 Å². The molecule has 2 N–H and O–H groups in total. The normalized spacial score (nSPS) is 19.4. The van der Waals surface area contributed by atoms with E-state index in [1.54, 1.807) is 11.8 Å². The summed E-state index contributed by atoms with van der Waals surface area (Å²) in [4.78, 5) is 15.7. The van der Waals surface area contributed by atoms with Gasteiger partial charge in [0.1, 0.15) is 0 Å². The summed E-state index contributed by atoms with van der Waals surface area (Å²) in [6, 6.07) is 8.43. The van der Waals surface area contributed by atoms with Crippen LogP contribution in [-0.2, 0) is 4.79 Å². The Morgan fingerprint density at radius 1 is 1.38 bits per heavy atom. The van der Waals surface area contributed by atoms with Crippen LogP contribution in [0.2, 0.25) is 0 Å². The molecule has 5 heteroatoms. The number of rotatable bonds is 6. The van der Waals surface area contributed by atoms with Crippen molar-refractivity contribution in [1.82, 2.24) is 10.2 Å². The Kier molecular flexibility index (Phi) is 6.54. The zero-order valence-electron chi connectivity index (χ0n) is 12.9. The smallest absolute Gasteiger partial charge is 0.238 e. The van der Waals surface area contributed by atoms with Gasteiger partial charge in [-0.1, -0.05) is 18.6 Å². The van der Waals surface area contributed by atoms with Gasteiger partial charge < -0.3 is 10.6 Å². The predicted molar refractivity (Wildman–Crippen MR) is 90.0 cm³/mol. The fourth-order valence-corrected chi connectivity index (χ4v) is 3.41. The lowest BCUT2D eigenvalue weighted by atomic mass is 10.0. The molecule has 0 saturated carbocycles. The minimum absolute atomic E-state index is 0.0829. The van der Waals surface area contributed by atoms with E-state index in [1.165, 1.54) is 19.3 Å². The maximum Gasteiger partial charge on any atom is 0.238 e. The molecule has 0 radical (unpaired) electrons. The molecule has 1 aliphatic rings. The molecule has 1 amide bonds. The lowest BCUT2D eigenvalue weighted by Gasteiger charge is -2.35. The molecule has 1 saturated heterocycles. The summed E-state index contributed by atoms with van der Waals surface area (Å²) in [6.07, 6.45) is 5.66. The summed E-state index contributed by atoms with van der Waals surface area (Å²) in [5, 5.41) is 6.28. The molecule has 116 valence electrons. The number of likely N-dealkylation sites (tertiary alicyclic amines) is 1. The highest BCUT2D eigenvalue weighted by Gasteiger charge is 2.23. The molecular weight excluding hydrogens is 282 g/mol. The van der Waals surface area contributed by atoms with Crippen molar-refractivity contribution in [2.45, 2.75) is 30.2 Å². The third-order valence-electron chi connectivity index (χ3n) is 3.92. The number of nitrogens with zero attached hydrogens (tertiary/aromatic N) is 1. The van der Waals surface area contributed by atoms with Gasteiger partial charge in [-0.3, -0.25) is 9.69 Å². The topological polar surface area (TPSA) is 44.4 Å². The number of thioether (sulfide) groups is 1. The molecule has 1 atom stereocenters. The largest absolute Gasteiger partial charge is 0.324 e. The number of hydrogen-bond acceptors (Lipinski definition) is 4. The number of carbonyl (C=O) groups is 1. The maximum absolute atomic E-state index is 12.3. The second kappa shape index (κ2) is 8.41. The molecule has 1 unspecified atom stereocenters. The highest BCUT2D eigenvalue weighted by atomic mass is 32.2. The summed E-state index contributed by atoms with van der Waals surface area (Å²) in [6.45, 7) is 2.45. The molecular formula is C16H25N3OS. The van der Waals surface area contributed by atoms with Gasteiger partial charge in [0, 0.05) is 17.5 Å². The van der Waals surface area contributed by atoms with E-state index in [2.05, 4.69) is 15.5 Å². The minimum atomic E-state index is 0.0829. The second-order valence-corrected chi connectivity index (χ2v) is 6.27. The van der Waals surface area contributed by atoms with E-state index in [9.17, 15) is 4.79 Å². The molecule has 0 spiro atoms. The van der Waals surface area contributed by atoms with Crippen LogP contribution in [-0.4, -0.2) is 49.8 Å². The summed E-state index contributed by atoms with van der Waals surface area (Å²) in [5.74, 6) is 0.0829. The predicted octanol–water partition coefficient (Wildman–Crippen LogP) is 2.42. The van der Waals surface area contributed by atoms with E-state index in [4.69, 9.17) is 0 Å². The number of hydrogen-bond donors (Lipinski definition) is 2. The Balaban J connectivity index is 1.94. The van der Waals surface area contributed by atoms with E-state index < -0.39 is 0 Å². The van der Waals surface area contributed by atoms with Crippen LogP contribution in [0.3, 0.4) is 0 Å². The van der Waals surface area contributed by atoms with E-state index in [0.717, 1.165) is 23.7 Å². The quantitative estimate of drug-likeness (QED) is 0.792. The van der Waals surface area contributed by atoms with Gasteiger partial charge in [0.15, 0.2) is 0 Å². The zero-order chi connectivity index (χ0) is 15.1. The molecule has 1 aliphatic heterocycles. The summed E-state index contributed by atoms with van der Waals surface area (Å²) in [7, 11) is 1.97. The Morgan fingerprint density at radius 2 is 2.19 bits per heavy atom. The van der Waals surface area contributed by atoms with Gasteiger partial charge >= 0.3 is 0 Å². The number of anilines is 1. The third-order valence-corrected chi connectivity index (χ3v) is 4.71. The van der Waals surface area contributed by atoms with Crippen molar-refractivity contribution < 1.29 is 4.79 Å². The molecule has 1 aromatic carbocycles. The van der Waals surface area contributed by atoms with Crippen LogP contribution in [0.1, 0.15) is 19.3 Å². The van der Waals surface area contributed by atoms with E-state index >= 15 is 0 Å². The molecule has 0 aromatic heterocycles. The first-order valence-electron chi connectivity index (χ1n) is 7.56. The second-order valence-electron chi connectivity index (χ2n) is 5.43. The van der Waals surface area contributed by atoms with Crippen molar-refractivity contribution in [3.05, 3.63) is 24.3 Å². The van der Waals surface area contributed by atoms with Gasteiger partial charge in [0.05, 0.1) is 12.2 Å². The average Bonchev–Trinajstić information content (AvgIpc) is 2.50. The van der Waals surface area contributed by atoms with Gasteiger partial charge in [-0.25, -0.2) is 0 Å². The van der Waals surface area contributed by atoms with E-state index in [1.807, 2.05) is 37.6 Å². The number of carbonyl (C=O) groups excluding carboxylic acids is 1. The number of benzene rings is 1. The van der Waals surface area contributed by atoms with Crippen LogP contribution in [0.25, 0.3) is 0 Å². The monoisotopic (exact) mass is 307 g/mol. The maximum atomic E-state index is 12.3. The number of likely N-dealkylation sites (N-methyl/N-ethyl adjacent to an activating group) is 1. The first kappa shape index (κ1) is 16.3. The average molecular weight is 307 g/mol. The van der Waals surface area contributed by atoms with Crippen LogP contribution < -0.4 is 10.6 Å². The number of piperidine rings is 1. The molecule has 0 bridgehead atoms. The lowest BCUT2D eigenvalue weighted by Crippen LogP contribution is -2.47. The van der Waals surface area contributed by atoms with Crippen LogP contribution in [0, 0.1) is 0 Å². The van der Waals surface area contributed by atoms with Gasteiger partial charge in [-0.15, -0.1) is 11.8 Å². The van der Waals surface area contributed by atoms with Crippen molar-refractivity contribution in [3.63, 3.8) is 0 Å². The van der Waals surface area contributed by atoms with Crippen molar-refractivity contribution in [3.8, 4) is 0 Å². The molecule has 1 fully saturated rings.